The molecule has 0 bridgehead atoms. The van der Waals surface area contributed by atoms with Crippen LogP contribution >= 0.6 is 23.4 Å². The Morgan fingerprint density at radius 1 is 0.968 bits per heavy atom. The Bertz CT molecular complexity index is 1080. The average molecular weight is 453 g/mol. The fourth-order valence-electron chi connectivity index (χ4n) is 2.98. The molecule has 0 fully saturated rings. The molecule has 0 aliphatic carbocycles. The van der Waals surface area contributed by atoms with Crippen molar-refractivity contribution in [2.45, 2.75) is 37.3 Å². The Morgan fingerprint density at radius 2 is 1.71 bits per heavy atom. The van der Waals surface area contributed by atoms with Crippen LogP contribution in [0.5, 0.6) is 0 Å². The van der Waals surface area contributed by atoms with E-state index in [0.717, 1.165) is 21.7 Å². The van der Waals surface area contributed by atoms with Gasteiger partial charge >= 0.3 is 0 Å². The Labute approximate surface area is 192 Å². The van der Waals surface area contributed by atoms with Gasteiger partial charge in [-0.3, -0.25) is 9.59 Å². The molecule has 3 aromatic carbocycles. The fraction of sp³-hybridized carbons (Fsp3) is 0.200. The molecule has 0 heterocycles. The van der Waals surface area contributed by atoms with Crippen molar-refractivity contribution < 1.29 is 9.59 Å². The van der Waals surface area contributed by atoms with Gasteiger partial charge in [-0.25, -0.2) is 0 Å². The number of anilines is 2. The summed E-state index contributed by atoms with van der Waals surface area (Å²) < 4.78 is 0. The highest BCUT2D eigenvalue weighted by molar-refractivity contribution is 8.00. The van der Waals surface area contributed by atoms with Gasteiger partial charge < -0.3 is 10.6 Å². The van der Waals surface area contributed by atoms with Gasteiger partial charge in [-0.1, -0.05) is 48.4 Å². The molecule has 0 aromatic heterocycles. The van der Waals surface area contributed by atoms with Crippen LogP contribution in [0.25, 0.3) is 0 Å². The maximum Gasteiger partial charge on any atom is 0.255 e. The summed E-state index contributed by atoms with van der Waals surface area (Å²) in [6.07, 6.45) is 0.663. The Morgan fingerprint density at radius 3 is 2.42 bits per heavy atom. The second-order valence-corrected chi connectivity index (χ2v) is 9.02. The number of rotatable bonds is 7. The minimum Gasteiger partial charge on any atom is -0.325 e. The quantitative estimate of drug-likeness (QED) is 0.391. The number of thioether (sulfide) groups is 1. The number of carbonyl (C=O) groups excluding carboxylic acids is 2. The third kappa shape index (κ3) is 6.36. The van der Waals surface area contributed by atoms with Crippen LogP contribution in [0.15, 0.2) is 71.6 Å². The first kappa shape index (κ1) is 22.9. The second kappa shape index (κ2) is 10.5. The van der Waals surface area contributed by atoms with Crippen LogP contribution in [-0.2, 0) is 4.79 Å². The van der Waals surface area contributed by atoms with E-state index in [4.69, 9.17) is 11.6 Å². The molecule has 3 aromatic rings. The summed E-state index contributed by atoms with van der Waals surface area (Å²) in [5, 5.41) is 6.21. The van der Waals surface area contributed by atoms with Gasteiger partial charge in [-0.2, -0.15) is 0 Å². The number of carbonyl (C=O) groups is 2. The van der Waals surface area contributed by atoms with Crippen LogP contribution in [0.4, 0.5) is 11.4 Å². The predicted molar refractivity (Wildman–Crippen MR) is 130 cm³/mol. The van der Waals surface area contributed by atoms with Crippen molar-refractivity contribution in [3.8, 4) is 0 Å². The van der Waals surface area contributed by atoms with Crippen molar-refractivity contribution in [2.75, 3.05) is 10.6 Å². The first-order valence-electron chi connectivity index (χ1n) is 10.1. The summed E-state index contributed by atoms with van der Waals surface area (Å²) in [4.78, 5) is 26.2. The number of halogens is 1. The molecule has 4 nitrogen and oxygen atoms in total. The molecule has 0 radical (unpaired) electrons. The molecule has 1 atom stereocenters. The second-order valence-electron chi connectivity index (χ2n) is 7.31. The zero-order valence-electron chi connectivity index (χ0n) is 17.7. The first-order valence-corrected chi connectivity index (χ1v) is 11.3. The first-order chi connectivity index (χ1) is 14.9. The van der Waals surface area contributed by atoms with Crippen molar-refractivity contribution in [2.24, 2.45) is 0 Å². The van der Waals surface area contributed by atoms with Crippen LogP contribution in [0.2, 0.25) is 5.02 Å². The monoisotopic (exact) mass is 452 g/mol. The molecule has 0 saturated carbocycles. The van der Waals surface area contributed by atoms with Crippen molar-refractivity contribution in [1.82, 2.24) is 0 Å². The van der Waals surface area contributed by atoms with E-state index in [1.54, 1.807) is 24.3 Å². The lowest BCUT2D eigenvalue weighted by molar-refractivity contribution is -0.115. The molecular formula is C25H25ClN2O2S. The molecule has 0 aliphatic heterocycles. The van der Waals surface area contributed by atoms with Crippen LogP contribution in [-0.4, -0.2) is 17.1 Å². The topological polar surface area (TPSA) is 58.2 Å². The number of benzene rings is 3. The van der Waals surface area contributed by atoms with Crippen molar-refractivity contribution >= 4 is 46.6 Å². The molecule has 2 N–H and O–H groups in total. The molecule has 2 amide bonds. The molecule has 0 spiro atoms. The molecule has 160 valence electrons. The van der Waals surface area contributed by atoms with E-state index in [2.05, 4.69) is 10.6 Å². The van der Waals surface area contributed by atoms with Gasteiger partial charge in [-0.15, -0.1) is 11.8 Å². The zero-order valence-corrected chi connectivity index (χ0v) is 19.3. The average Bonchev–Trinajstić information content (AvgIpc) is 2.75. The Hall–Kier alpha value is -2.76. The van der Waals surface area contributed by atoms with Crippen LogP contribution in [0.3, 0.4) is 0 Å². The normalized spacial score (nSPS) is 11.6. The summed E-state index contributed by atoms with van der Waals surface area (Å²) in [7, 11) is 0. The number of hydrogen-bond acceptors (Lipinski definition) is 3. The van der Waals surface area contributed by atoms with Gasteiger partial charge in [0.1, 0.15) is 0 Å². The number of amides is 2. The van der Waals surface area contributed by atoms with Crippen molar-refractivity contribution in [1.29, 1.82) is 0 Å². The highest BCUT2D eigenvalue weighted by atomic mass is 35.5. The van der Waals surface area contributed by atoms with Gasteiger partial charge in [0.2, 0.25) is 5.91 Å². The molecule has 3 rings (SSSR count). The van der Waals surface area contributed by atoms with Crippen molar-refractivity contribution in [3.63, 3.8) is 0 Å². The fourth-order valence-corrected chi connectivity index (χ4v) is 4.17. The highest BCUT2D eigenvalue weighted by Crippen LogP contribution is 2.29. The van der Waals surface area contributed by atoms with Crippen LogP contribution in [0, 0.1) is 13.8 Å². The maximum absolute atomic E-state index is 12.8. The van der Waals surface area contributed by atoms with Crippen LogP contribution in [0.1, 0.15) is 34.8 Å². The third-order valence-corrected chi connectivity index (χ3v) is 6.40. The van der Waals surface area contributed by atoms with Gasteiger partial charge in [0.25, 0.3) is 5.91 Å². The standard InChI is InChI=1S/C25H25ClN2O2S/c1-4-23(25(30)28-22-14-19(26)13-10-17(22)3)31-21-7-5-6-20(15-21)27-24(29)18-11-8-16(2)9-12-18/h5-15,23H,4H2,1-3H3,(H,27,29)(H,28,30). The molecule has 6 heteroatoms. The summed E-state index contributed by atoms with van der Waals surface area (Å²) in [5.41, 5.74) is 4.07. The van der Waals surface area contributed by atoms with Gasteiger partial charge in [-0.05, 0) is 68.3 Å². The smallest absolute Gasteiger partial charge is 0.255 e. The lowest BCUT2D eigenvalue weighted by Crippen LogP contribution is -2.25. The molecule has 31 heavy (non-hydrogen) atoms. The molecule has 0 aliphatic rings. The summed E-state index contributed by atoms with van der Waals surface area (Å²) in [6.45, 7) is 5.89. The zero-order chi connectivity index (χ0) is 22.4. The van der Waals surface area contributed by atoms with Gasteiger partial charge in [0.15, 0.2) is 0 Å². The summed E-state index contributed by atoms with van der Waals surface area (Å²) in [5.74, 6) is -0.240. The maximum atomic E-state index is 12.8. The van der Waals surface area contributed by atoms with E-state index in [1.165, 1.54) is 11.8 Å². The van der Waals surface area contributed by atoms with E-state index in [9.17, 15) is 9.59 Å². The SMILES string of the molecule is CCC(Sc1cccc(NC(=O)c2ccc(C)cc2)c1)C(=O)Nc1cc(Cl)ccc1C. The lowest BCUT2D eigenvalue weighted by atomic mass is 10.1. The third-order valence-electron chi connectivity index (χ3n) is 4.80. The van der Waals surface area contributed by atoms with E-state index < -0.39 is 0 Å². The van der Waals surface area contributed by atoms with Gasteiger partial charge in [0, 0.05) is 26.9 Å². The number of aryl methyl sites for hydroxylation is 2. The largest absolute Gasteiger partial charge is 0.325 e. The minimum absolute atomic E-state index is 0.0769. The summed E-state index contributed by atoms with van der Waals surface area (Å²) >= 11 is 7.53. The summed E-state index contributed by atoms with van der Waals surface area (Å²) in [6, 6.07) is 20.4. The Balaban J connectivity index is 1.68. The van der Waals surface area contributed by atoms with E-state index in [0.29, 0.717) is 22.7 Å². The van der Waals surface area contributed by atoms with Crippen LogP contribution < -0.4 is 10.6 Å². The van der Waals surface area contributed by atoms with Crippen molar-refractivity contribution in [3.05, 3.63) is 88.4 Å². The molecular weight excluding hydrogens is 428 g/mol. The molecule has 0 saturated heterocycles. The Kier molecular flexibility index (Phi) is 7.77. The highest BCUT2D eigenvalue weighted by Gasteiger charge is 2.19. The lowest BCUT2D eigenvalue weighted by Gasteiger charge is -2.16. The number of nitrogens with one attached hydrogen (secondary N) is 2. The predicted octanol–water partition coefficient (Wildman–Crippen LogP) is 6.72. The number of hydrogen-bond donors (Lipinski definition) is 2. The minimum atomic E-state index is -0.276. The molecule has 1 unspecified atom stereocenters. The van der Waals surface area contributed by atoms with Gasteiger partial charge in [0.05, 0.1) is 5.25 Å². The van der Waals surface area contributed by atoms with E-state index >= 15 is 0 Å². The van der Waals surface area contributed by atoms with E-state index in [-0.39, 0.29) is 17.1 Å². The van der Waals surface area contributed by atoms with E-state index in [1.807, 2.05) is 63.2 Å².